The van der Waals surface area contributed by atoms with E-state index in [1.165, 1.54) is 5.56 Å². The van der Waals surface area contributed by atoms with Crippen molar-refractivity contribution in [3.8, 4) is 11.4 Å². The zero-order chi connectivity index (χ0) is 10.8. The van der Waals surface area contributed by atoms with Gasteiger partial charge in [-0.15, -0.1) is 0 Å². The average molecular weight is 202 g/mol. The maximum atomic E-state index is 10.4. The first-order valence-electron chi connectivity index (χ1n) is 4.57. The van der Waals surface area contributed by atoms with Crippen LogP contribution >= 0.6 is 0 Å². The molecular formula is C11H10N2O2. The zero-order valence-corrected chi connectivity index (χ0v) is 8.52. The molecule has 0 spiro atoms. The van der Waals surface area contributed by atoms with Crippen LogP contribution in [0.4, 0.5) is 0 Å². The molecule has 4 heteroatoms. The smallest absolute Gasteiger partial charge is 0.291 e. The van der Waals surface area contributed by atoms with Gasteiger partial charge in [-0.1, -0.05) is 17.3 Å². The summed E-state index contributed by atoms with van der Waals surface area (Å²) in [5, 5.41) is 3.71. The highest BCUT2D eigenvalue weighted by molar-refractivity contribution is 5.69. The van der Waals surface area contributed by atoms with Gasteiger partial charge in [0.25, 0.3) is 5.89 Å². The Morgan fingerprint density at radius 3 is 2.67 bits per heavy atom. The van der Waals surface area contributed by atoms with E-state index < -0.39 is 0 Å². The summed E-state index contributed by atoms with van der Waals surface area (Å²) < 4.78 is 4.71. The molecule has 0 fully saturated rings. The number of aromatic nitrogens is 2. The van der Waals surface area contributed by atoms with Gasteiger partial charge in [0, 0.05) is 5.56 Å². The van der Waals surface area contributed by atoms with Gasteiger partial charge in [-0.25, -0.2) is 0 Å². The molecular weight excluding hydrogens is 192 g/mol. The van der Waals surface area contributed by atoms with Crippen LogP contribution in [0, 0.1) is 13.8 Å². The van der Waals surface area contributed by atoms with Gasteiger partial charge in [-0.2, -0.15) is 4.98 Å². The van der Waals surface area contributed by atoms with E-state index in [9.17, 15) is 4.79 Å². The molecule has 0 bridgehead atoms. The van der Waals surface area contributed by atoms with Crippen LogP contribution in [0.3, 0.4) is 0 Å². The molecule has 1 aromatic heterocycles. The Hall–Kier alpha value is -1.97. The van der Waals surface area contributed by atoms with E-state index in [0.29, 0.717) is 12.1 Å². The fraction of sp³-hybridized carbons (Fsp3) is 0.182. The fourth-order valence-electron chi connectivity index (χ4n) is 1.28. The number of hydrogen-bond donors (Lipinski definition) is 0. The largest absolute Gasteiger partial charge is 0.331 e. The molecule has 2 aromatic rings. The zero-order valence-electron chi connectivity index (χ0n) is 8.52. The van der Waals surface area contributed by atoms with Crippen molar-refractivity contribution in [2.75, 3.05) is 0 Å². The summed E-state index contributed by atoms with van der Waals surface area (Å²) in [6.45, 7) is 4.05. The molecule has 0 saturated heterocycles. The third-order valence-electron chi connectivity index (χ3n) is 2.31. The van der Waals surface area contributed by atoms with Crippen molar-refractivity contribution in [1.29, 1.82) is 0 Å². The summed E-state index contributed by atoms with van der Waals surface area (Å²) >= 11 is 0. The van der Waals surface area contributed by atoms with Gasteiger partial charge in [0.1, 0.15) is 0 Å². The van der Waals surface area contributed by atoms with E-state index in [0.717, 1.165) is 11.1 Å². The number of rotatable bonds is 2. The van der Waals surface area contributed by atoms with E-state index in [1.807, 2.05) is 32.0 Å². The molecule has 76 valence electrons. The standard InChI is InChI=1S/C11H10N2O2/c1-7-3-4-9(5-8(7)2)11-12-10(6-14)15-13-11/h3-6H,1-2H3. The molecule has 15 heavy (non-hydrogen) atoms. The molecule has 4 nitrogen and oxygen atoms in total. The lowest BCUT2D eigenvalue weighted by atomic mass is 10.1. The number of carbonyl (C=O) groups is 1. The van der Waals surface area contributed by atoms with E-state index in [-0.39, 0.29) is 5.89 Å². The van der Waals surface area contributed by atoms with Gasteiger partial charge in [0.15, 0.2) is 0 Å². The van der Waals surface area contributed by atoms with E-state index in [2.05, 4.69) is 10.1 Å². The van der Waals surface area contributed by atoms with Gasteiger partial charge < -0.3 is 4.52 Å². The van der Waals surface area contributed by atoms with Gasteiger partial charge in [0.2, 0.25) is 12.1 Å². The highest BCUT2D eigenvalue weighted by Gasteiger charge is 2.07. The summed E-state index contributed by atoms with van der Waals surface area (Å²) in [7, 11) is 0. The SMILES string of the molecule is Cc1ccc(-c2noc(C=O)n2)cc1C. The molecule has 0 aliphatic carbocycles. The molecule has 0 unspecified atom stereocenters. The lowest BCUT2D eigenvalue weighted by Crippen LogP contribution is -1.85. The molecule has 1 aromatic carbocycles. The van der Waals surface area contributed by atoms with Crippen LogP contribution in [0.15, 0.2) is 22.7 Å². The van der Waals surface area contributed by atoms with Gasteiger partial charge in [0.05, 0.1) is 0 Å². The summed E-state index contributed by atoms with van der Waals surface area (Å²) in [5.41, 5.74) is 3.22. The summed E-state index contributed by atoms with van der Waals surface area (Å²) in [6.07, 6.45) is 0.539. The Bertz CT molecular complexity index is 503. The normalized spacial score (nSPS) is 10.3. The Labute approximate surface area is 86.9 Å². The maximum Gasteiger partial charge on any atom is 0.291 e. The minimum Gasteiger partial charge on any atom is -0.331 e. The van der Waals surface area contributed by atoms with Crippen LogP contribution < -0.4 is 0 Å². The first-order valence-corrected chi connectivity index (χ1v) is 4.57. The molecule has 0 radical (unpaired) electrons. The number of aldehydes is 1. The Morgan fingerprint density at radius 1 is 1.27 bits per heavy atom. The summed E-state index contributed by atoms with van der Waals surface area (Å²) in [5.74, 6) is 0.448. The predicted octanol–water partition coefficient (Wildman–Crippen LogP) is 2.17. The van der Waals surface area contributed by atoms with Crippen molar-refractivity contribution < 1.29 is 9.32 Å². The van der Waals surface area contributed by atoms with Crippen LogP contribution in [0.5, 0.6) is 0 Å². The molecule has 2 rings (SSSR count). The highest BCUT2D eigenvalue weighted by Crippen LogP contribution is 2.18. The number of nitrogens with zero attached hydrogens (tertiary/aromatic N) is 2. The van der Waals surface area contributed by atoms with Gasteiger partial charge in [-0.3, -0.25) is 4.79 Å². The van der Waals surface area contributed by atoms with Crippen LogP contribution in [0.1, 0.15) is 21.8 Å². The third kappa shape index (κ3) is 1.79. The van der Waals surface area contributed by atoms with E-state index >= 15 is 0 Å². The first-order chi connectivity index (χ1) is 7.20. The van der Waals surface area contributed by atoms with Crippen molar-refractivity contribution in [2.45, 2.75) is 13.8 Å². The van der Waals surface area contributed by atoms with Crippen molar-refractivity contribution in [3.63, 3.8) is 0 Å². The van der Waals surface area contributed by atoms with Crippen molar-refractivity contribution in [1.82, 2.24) is 10.1 Å². The monoisotopic (exact) mass is 202 g/mol. The lowest BCUT2D eigenvalue weighted by Gasteiger charge is -2.00. The quantitative estimate of drug-likeness (QED) is 0.700. The van der Waals surface area contributed by atoms with Crippen molar-refractivity contribution in [3.05, 3.63) is 35.2 Å². The number of benzene rings is 1. The Morgan fingerprint density at radius 2 is 2.07 bits per heavy atom. The van der Waals surface area contributed by atoms with Crippen LogP contribution in [0.2, 0.25) is 0 Å². The number of hydrogen-bond acceptors (Lipinski definition) is 4. The second-order valence-electron chi connectivity index (χ2n) is 3.37. The van der Waals surface area contributed by atoms with Gasteiger partial charge in [-0.05, 0) is 31.0 Å². The molecule has 0 N–H and O–H groups in total. The van der Waals surface area contributed by atoms with Gasteiger partial charge >= 0.3 is 0 Å². The highest BCUT2D eigenvalue weighted by atomic mass is 16.5. The lowest BCUT2D eigenvalue weighted by molar-refractivity contribution is 0.108. The fourth-order valence-corrected chi connectivity index (χ4v) is 1.28. The molecule has 0 saturated carbocycles. The molecule has 0 aliphatic rings. The van der Waals surface area contributed by atoms with E-state index in [4.69, 9.17) is 4.52 Å². The third-order valence-corrected chi connectivity index (χ3v) is 2.31. The maximum absolute atomic E-state index is 10.4. The van der Waals surface area contributed by atoms with E-state index in [1.54, 1.807) is 0 Å². The molecule has 1 heterocycles. The predicted molar refractivity (Wildman–Crippen MR) is 54.6 cm³/mol. The van der Waals surface area contributed by atoms with Crippen LogP contribution in [0.25, 0.3) is 11.4 Å². The number of carbonyl (C=O) groups excluding carboxylic acids is 1. The summed E-state index contributed by atoms with van der Waals surface area (Å²) in [6, 6.07) is 5.86. The molecule has 0 amide bonds. The molecule has 0 atom stereocenters. The van der Waals surface area contributed by atoms with Crippen molar-refractivity contribution in [2.24, 2.45) is 0 Å². The minimum absolute atomic E-state index is 0.00299. The topological polar surface area (TPSA) is 56.0 Å². The Kier molecular flexibility index (Phi) is 2.33. The van der Waals surface area contributed by atoms with Crippen LogP contribution in [-0.2, 0) is 0 Å². The second kappa shape index (κ2) is 3.65. The van der Waals surface area contributed by atoms with Crippen molar-refractivity contribution >= 4 is 6.29 Å². The first kappa shape index (κ1) is 9.58. The minimum atomic E-state index is 0.00299. The molecule has 0 aliphatic heterocycles. The summed E-state index contributed by atoms with van der Waals surface area (Å²) in [4.78, 5) is 14.3. The second-order valence-corrected chi connectivity index (χ2v) is 3.37. The average Bonchev–Trinajstić information content (AvgIpc) is 2.70. The van der Waals surface area contributed by atoms with Crippen LogP contribution in [-0.4, -0.2) is 16.4 Å². The Balaban J connectivity index is 2.44. The number of aryl methyl sites for hydroxylation is 2.